The largest absolute Gasteiger partial charge is 0.321 e. The molecule has 0 spiro atoms. The summed E-state index contributed by atoms with van der Waals surface area (Å²) >= 11 is 13.4. The Labute approximate surface area is 254 Å². The number of hydrogen-bond acceptors (Lipinski definition) is 4. The number of hydrogen-bond donors (Lipinski definition) is 2. The van der Waals surface area contributed by atoms with E-state index in [4.69, 9.17) is 23.2 Å². The van der Waals surface area contributed by atoms with Crippen LogP contribution in [-0.2, 0) is 4.79 Å². The maximum atomic E-state index is 13.3. The summed E-state index contributed by atoms with van der Waals surface area (Å²) in [6.07, 6.45) is 1.65. The minimum atomic E-state index is -0.463. The number of benzene rings is 4. The van der Waals surface area contributed by atoms with Gasteiger partial charge in [0.05, 0.1) is 10.8 Å². The van der Waals surface area contributed by atoms with Crippen LogP contribution in [0.1, 0.15) is 51.6 Å². The van der Waals surface area contributed by atoms with E-state index in [2.05, 4.69) is 24.5 Å². The fourth-order valence-corrected chi connectivity index (χ4v) is 5.16. The Hall–Kier alpha value is -3.84. The van der Waals surface area contributed by atoms with Crippen molar-refractivity contribution in [2.45, 2.75) is 24.7 Å². The zero-order valence-electron chi connectivity index (χ0n) is 22.5. The highest BCUT2D eigenvalue weighted by atomic mass is 35.5. The van der Waals surface area contributed by atoms with Gasteiger partial charge in [-0.25, -0.2) is 0 Å². The maximum absolute atomic E-state index is 13.3. The topological polar surface area (TPSA) is 75.3 Å². The molecule has 0 aromatic heterocycles. The molecule has 0 fully saturated rings. The Balaban J connectivity index is 1.45. The number of amides is 2. The Morgan fingerprint density at radius 2 is 1.54 bits per heavy atom. The molecule has 0 bridgehead atoms. The minimum absolute atomic E-state index is 0.111. The third-order valence-corrected chi connectivity index (χ3v) is 7.72. The van der Waals surface area contributed by atoms with Crippen LogP contribution in [-0.4, -0.2) is 23.4 Å². The molecule has 0 atom stereocenters. The van der Waals surface area contributed by atoms with Crippen molar-refractivity contribution in [3.05, 3.63) is 135 Å². The standard InChI is InChI=1S/C33H28Cl2N2O3S/c1-21(2)23-10-8-22(9-11-23)18-30(37-32(39)24-6-4-3-5-7-24)33(40)36-26-13-15-27(16-14-26)41-20-31(38)28-17-12-25(34)19-29(28)35/h3-19,21H,20H2,1-2H3,(H,36,40)(H,37,39)/b30-18-. The summed E-state index contributed by atoms with van der Waals surface area (Å²) in [6, 6.07) is 28.5. The van der Waals surface area contributed by atoms with Crippen LogP contribution >= 0.6 is 35.0 Å². The van der Waals surface area contributed by atoms with Crippen LogP contribution in [0.15, 0.2) is 108 Å². The summed E-state index contributed by atoms with van der Waals surface area (Å²) in [7, 11) is 0. The van der Waals surface area contributed by atoms with Gasteiger partial charge < -0.3 is 10.6 Å². The third-order valence-electron chi connectivity index (χ3n) is 6.16. The van der Waals surface area contributed by atoms with Gasteiger partial charge in [-0.2, -0.15) is 0 Å². The number of nitrogens with one attached hydrogen (secondary N) is 2. The first-order valence-corrected chi connectivity index (χ1v) is 14.6. The fourth-order valence-electron chi connectivity index (χ4n) is 3.86. The van der Waals surface area contributed by atoms with E-state index in [0.29, 0.717) is 32.8 Å². The maximum Gasteiger partial charge on any atom is 0.272 e. The van der Waals surface area contributed by atoms with Crippen molar-refractivity contribution in [3.8, 4) is 0 Å². The Bertz CT molecular complexity index is 1570. The highest BCUT2D eigenvalue weighted by Crippen LogP contribution is 2.26. The monoisotopic (exact) mass is 602 g/mol. The smallest absolute Gasteiger partial charge is 0.272 e. The summed E-state index contributed by atoms with van der Waals surface area (Å²) in [4.78, 5) is 39.6. The second-order valence-corrected chi connectivity index (χ2v) is 11.4. The van der Waals surface area contributed by atoms with E-state index in [9.17, 15) is 14.4 Å². The highest BCUT2D eigenvalue weighted by Gasteiger charge is 2.16. The number of Topliss-reactive ketones (excluding diaryl/α,β-unsaturated/α-hetero) is 1. The van der Waals surface area contributed by atoms with Crippen molar-refractivity contribution in [3.63, 3.8) is 0 Å². The molecule has 8 heteroatoms. The van der Waals surface area contributed by atoms with Gasteiger partial charge in [-0.05, 0) is 77.7 Å². The van der Waals surface area contributed by atoms with Crippen LogP contribution in [0.3, 0.4) is 0 Å². The van der Waals surface area contributed by atoms with E-state index >= 15 is 0 Å². The minimum Gasteiger partial charge on any atom is -0.321 e. The van der Waals surface area contributed by atoms with Gasteiger partial charge in [0.1, 0.15) is 5.70 Å². The lowest BCUT2D eigenvalue weighted by Gasteiger charge is -2.12. The lowest BCUT2D eigenvalue weighted by atomic mass is 10.0. The normalized spacial score (nSPS) is 11.3. The van der Waals surface area contributed by atoms with E-state index in [1.807, 2.05) is 42.5 Å². The Morgan fingerprint density at radius 1 is 0.854 bits per heavy atom. The van der Waals surface area contributed by atoms with Gasteiger partial charge >= 0.3 is 0 Å². The van der Waals surface area contributed by atoms with Gasteiger partial charge in [0.15, 0.2) is 5.78 Å². The van der Waals surface area contributed by atoms with Crippen molar-refractivity contribution in [2.24, 2.45) is 0 Å². The highest BCUT2D eigenvalue weighted by molar-refractivity contribution is 8.00. The summed E-state index contributed by atoms with van der Waals surface area (Å²) in [5.74, 6) is -0.387. The van der Waals surface area contributed by atoms with Crippen molar-refractivity contribution in [1.29, 1.82) is 0 Å². The fraction of sp³-hybridized carbons (Fsp3) is 0.121. The van der Waals surface area contributed by atoms with E-state index in [0.717, 1.165) is 10.5 Å². The molecule has 0 saturated carbocycles. The van der Waals surface area contributed by atoms with Crippen molar-refractivity contribution in [1.82, 2.24) is 5.32 Å². The average molecular weight is 604 g/mol. The number of halogens is 2. The number of carbonyl (C=O) groups is 3. The summed E-state index contributed by atoms with van der Waals surface area (Å²) in [6.45, 7) is 4.22. The molecule has 0 unspecified atom stereocenters. The number of anilines is 1. The van der Waals surface area contributed by atoms with E-state index in [-0.39, 0.29) is 23.1 Å². The van der Waals surface area contributed by atoms with Crippen molar-refractivity contribution < 1.29 is 14.4 Å². The van der Waals surface area contributed by atoms with Crippen LogP contribution in [0.2, 0.25) is 10.0 Å². The second-order valence-electron chi connectivity index (χ2n) is 9.51. The van der Waals surface area contributed by atoms with Crippen LogP contribution < -0.4 is 10.6 Å². The molecule has 4 aromatic carbocycles. The SMILES string of the molecule is CC(C)c1ccc(/C=C(\NC(=O)c2ccccc2)C(=O)Nc2ccc(SCC(=O)c3ccc(Cl)cc3Cl)cc2)cc1. The second kappa shape index (κ2) is 14.2. The molecular weight excluding hydrogens is 575 g/mol. The summed E-state index contributed by atoms with van der Waals surface area (Å²) in [5, 5.41) is 6.40. The third kappa shape index (κ3) is 8.57. The molecule has 2 N–H and O–H groups in total. The summed E-state index contributed by atoms with van der Waals surface area (Å²) in [5.41, 5.74) is 3.48. The van der Waals surface area contributed by atoms with Gasteiger partial charge in [0.25, 0.3) is 11.8 Å². The summed E-state index contributed by atoms with van der Waals surface area (Å²) < 4.78 is 0. The van der Waals surface area contributed by atoms with Crippen LogP contribution in [0, 0.1) is 0 Å². The van der Waals surface area contributed by atoms with Crippen LogP contribution in [0.25, 0.3) is 6.08 Å². The molecule has 0 aliphatic rings. The van der Waals surface area contributed by atoms with Crippen molar-refractivity contribution in [2.75, 3.05) is 11.1 Å². The molecule has 5 nitrogen and oxygen atoms in total. The Kier molecular flexibility index (Phi) is 10.4. The molecule has 2 amide bonds. The molecule has 0 aliphatic carbocycles. The molecule has 0 aliphatic heterocycles. The molecule has 0 heterocycles. The molecule has 41 heavy (non-hydrogen) atoms. The van der Waals surface area contributed by atoms with Crippen molar-refractivity contribution >= 4 is 64.3 Å². The van der Waals surface area contributed by atoms with Gasteiger partial charge in [0.2, 0.25) is 0 Å². The van der Waals surface area contributed by atoms with Gasteiger partial charge in [0, 0.05) is 26.7 Å². The lowest BCUT2D eigenvalue weighted by molar-refractivity contribution is -0.113. The molecule has 0 radical (unpaired) electrons. The Morgan fingerprint density at radius 3 is 2.17 bits per heavy atom. The number of carbonyl (C=O) groups excluding carboxylic acids is 3. The first kappa shape index (κ1) is 30.1. The zero-order valence-corrected chi connectivity index (χ0v) is 24.8. The van der Waals surface area contributed by atoms with E-state index in [1.165, 1.54) is 17.3 Å². The molecule has 4 aromatic rings. The predicted molar refractivity (Wildman–Crippen MR) is 169 cm³/mol. The number of ketones is 1. The van der Waals surface area contributed by atoms with Crippen LogP contribution in [0.5, 0.6) is 0 Å². The molecule has 0 saturated heterocycles. The van der Waals surface area contributed by atoms with Gasteiger partial charge in [-0.15, -0.1) is 11.8 Å². The molecule has 208 valence electrons. The molecule has 4 rings (SSSR count). The van der Waals surface area contributed by atoms with E-state index in [1.54, 1.807) is 60.7 Å². The van der Waals surface area contributed by atoms with Gasteiger partial charge in [-0.1, -0.05) is 79.5 Å². The zero-order chi connectivity index (χ0) is 29.4. The molecular formula is C33H28Cl2N2O3S. The average Bonchev–Trinajstić information content (AvgIpc) is 2.97. The first-order chi connectivity index (χ1) is 19.7. The first-order valence-electron chi connectivity index (χ1n) is 12.9. The van der Waals surface area contributed by atoms with E-state index < -0.39 is 5.91 Å². The lowest BCUT2D eigenvalue weighted by Crippen LogP contribution is -2.30. The predicted octanol–water partition coefficient (Wildman–Crippen LogP) is 8.50. The number of rotatable bonds is 10. The van der Waals surface area contributed by atoms with Gasteiger partial charge in [-0.3, -0.25) is 14.4 Å². The number of thioether (sulfide) groups is 1. The quantitative estimate of drug-likeness (QED) is 0.108. The van der Waals surface area contributed by atoms with Crippen LogP contribution in [0.4, 0.5) is 5.69 Å².